The Morgan fingerprint density at radius 2 is 1.93 bits per heavy atom. The fourth-order valence-corrected chi connectivity index (χ4v) is 1.38. The molecule has 0 aliphatic carbocycles. The minimum atomic E-state index is 0.0557. The fourth-order valence-electron chi connectivity index (χ4n) is 1.38. The van der Waals surface area contributed by atoms with Gasteiger partial charge in [0.25, 0.3) is 0 Å². The fraction of sp³-hybridized carbons (Fsp3) is 0.455. The van der Waals surface area contributed by atoms with Gasteiger partial charge in [-0.1, -0.05) is 30.3 Å². The SMILES string of the molecule is CN(Cc1ccccc1)C(N)CCN. The smallest absolute Gasteiger partial charge is 0.0584 e. The highest BCUT2D eigenvalue weighted by Crippen LogP contribution is 2.04. The third kappa shape index (κ3) is 3.46. The average molecular weight is 193 g/mol. The summed E-state index contributed by atoms with van der Waals surface area (Å²) >= 11 is 0. The van der Waals surface area contributed by atoms with Gasteiger partial charge in [-0.15, -0.1) is 0 Å². The first-order chi connectivity index (χ1) is 6.74. The molecule has 1 aromatic rings. The lowest BCUT2D eigenvalue weighted by molar-refractivity contribution is 0.229. The third-order valence-electron chi connectivity index (χ3n) is 2.30. The number of nitrogens with two attached hydrogens (primary N) is 2. The summed E-state index contributed by atoms with van der Waals surface area (Å²) in [7, 11) is 2.02. The van der Waals surface area contributed by atoms with E-state index >= 15 is 0 Å². The molecule has 3 nitrogen and oxygen atoms in total. The number of rotatable bonds is 5. The number of hydrogen-bond donors (Lipinski definition) is 2. The van der Waals surface area contributed by atoms with Crippen molar-refractivity contribution in [3.8, 4) is 0 Å². The third-order valence-corrected chi connectivity index (χ3v) is 2.30. The molecule has 0 heterocycles. The van der Waals surface area contributed by atoms with Crippen LogP contribution >= 0.6 is 0 Å². The lowest BCUT2D eigenvalue weighted by Crippen LogP contribution is -2.40. The molecule has 1 unspecified atom stereocenters. The van der Waals surface area contributed by atoms with Crippen molar-refractivity contribution in [2.75, 3.05) is 13.6 Å². The van der Waals surface area contributed by atoms with Gasteiger partial charge in [-0.05, 0) is 25.6 Å². The van der Waals surface area contributed by atoms with Gasteiger partial charge >= 0.3 is 0 Å². The normalized spacial score (nSPS) is 13.1. The zero-order chi connectivity index (χ0) is 10.4. The molecule has 4 N–H and O–H groups in total. The van der Waals surface area contributed by atoms with Crippen LogP contribution in [0, 0.1) is 0 Å². The summed E-state index contributed by atoms with van der Waals surface area (Å²) in [6.45, 7) is 1.52. The molecule has 0 aromatic heterocycles. The Morgan fingerprint density at radius 1 is 1.29 bits per heavy atom. The Hall–Kier alpha value is -0.900. The molecule has 1 aromatic carbocycles. The Kier molecular flexibility index (Phi) is 4.59. The van der Waals surface area contributed by atoms with Crippen molar-refractivity contribution in [2.24, 2.45) is 11.5 Å². The van der Waals surface area contributed by atoms with E-state index in [0.717, 1.165) is 13.0 Å². The quantitative estimate of drug-likeness (QED) is 0.679. The van der Waals surface area contributed by atoms with Gasteiger partial charge in [0.2, 0.25) is 0 Å². The van der Waals surface area contributed by atoms with Crippen LogP contribution in [0.25, 0.3) is 0 Å². The van der Waals surface area contributed by atoms with Crippen molar-refractivity contribution in [1.29, 1.82) is 0 Å². The highest BCUT2D eigenvalue weighted by molar-refractivity contribution is 5.14. The van der Waals surface area contributed by atoms with Crippen molar-refractivity contribution in [3.63, 3.8) is 0 Å². The molecule has 0 saturated heterocycles. The molecule has 0 saturated carbocycles. The van der Waals surface area contributed by atoms with Gasteiger partial charge in [0.05, 0.1) is 6.17 Å². The standard InChI is InChI=1S/C11H19N3/c1-14(11(13)7-8-12)9-10-5-3-2-4-6-10/h2-6,11H,7-9,12-13H2,1H3. The van der Waals surface area contributed by atoms with E-state index < -0.39 is 0 Å². The second-order valence-electron chi connectivity index (χ2n) is 3.55. The monoisotopic (exact) mass is 193 g/mol. The molecule has 0 amide bonds. The van der Waals surface area contributed by atoms with Crippen LogP contribution < -0.4 is 11.5 Å². The van der Waals surface area contributed by atoms with Crippen LogP contribution in [0.3, 0.4) is 0 Å². The van der Waals surface area contributed by atoms with E-state index in [-0.39, 0.29) is 6.17 Å². The summed E-state index contributed by atoms with van der Waals surface area (Å²) in [6, 6.07) is 10.3. The number of benzene rings is 1. The highest BCUT2D eigenvalue weighted by atomic mass is 15.2. The van der Waals surface area contributed by atoms with E-state index in [0.29, 0.717) is 6.54 Å². The van der Waals surface area contributed by atoms with E-state index in [1.807, 2.05) is 25.2 Å². The van der Waals surface area contributed by atoms with Crippen LogP contribution in [-0.4, -0.2) is 24.7 Å². The second kappa shape index (κ2) is 5.75. The van der Waals surface area contributed by atoms with Crippen molar-refractivity contribution in [2.45, 2.75) is 19.1 Å². The maximum absolute atomic E-state index is 5.92. The van der Waals surface area contributed by atoms with E-state index in [1.54, 1.807) is 0 Å². The van der Waals surface area contributed by atoms with E-state index in [1.165, 1.54) is 5.56 Å². The van der Waals surface area contributed by atoms with Crippen LogP contribution in [-0.2, 0) is 6.54 Å². The predicted molar refractivity (Wildman–Crippen MR) is 59.6 cm³/mol. The van der Waals surface area contributed by atoms with Crippen LogP contribution in [0.2, 0.25) is 0 Å². The molecule has 78 valence electrons. The van der Waals surface area contributed by atoms with Gasteiger partial charge < -0.3 is 11.5 Å². The number of nitrogens with zero attached hydrogens (tertiary/aromatic N) is 1. The zero-order valence-electron chi connectivity index (χ0n) is 8.69. The minimum Gasteiger partial charge on any atom is -0.330 e. The number of hydrogen-bond acceptors (Lipinski definition) is 3. The molecule has 14 heavy (non-hydrogen) atoms. The summed E-state index contributed by atoms with van der Waals surface area (Å²) in [5, 5.41) is 0. The van der Waals surface area contributed by atoms with Crippen molar-refractivity contribution >= 4 is 0 Å². The highest BCUT2D eigenvalue weighted by Gasteiger charge is 2.08. The molecule has 0 aliphatic heterocycles. The van der Waals surface area contributed by atoms with Crippen molar-refractivity contribution in [3.05, 3.63) is 35.9 Å². The van der Waals surface area contributed by atoms with Crippen molar-refractivity contribution in [1.82, 2.24) is 4.90 Å². The maximum Gasteiger partial charge on any atom is 0.0584 e. The van der Waals surface area contributed by atoms with Crippen LogP contribution in [0.15, 0.2) is 30.3 Å². The predicted octanol–water partition coefficient (Wildman–Crippen LogP) is 0.752. The average Bonchev–Trinajstić information content (AvgIpc) is 2.19. The molecule has 0 fully saturated rings. The van der Waals surface area contributed by atoms with Gasteiger partial charge in [0, 0.05) is 6.54 Å². The Bertz CT molecular complexity index is 248. The summed E-state index contributed by atoms with van der Waals surface area (Å²) in [4.78, 5) is 2.11. The summed E-state index contributed by atoms with van der Waals surface area (Å²) in [5.41, 5.74) is 12.7. The molecule has 1 rings (SSSR count). The van der Waals surface area contributed by atoms with Gasteiger partial charge in [-0.2, -0.15) is 0 Å². The second-order valence-corrected chi connectivity index (χ2v) is 3.55. The maximum atomic E-state index is 5.92. The minimum absolute atomic E-state index is 0.0557. The first kappa shape index (κ1) is 11.2. The van der Waals surface area contributed by atoms with E-state index in [9.17, 15) is 0 Å². The van der Waals surface area contributed by atoms with Gasteiger partial charge in [0.15, 0.2) is 0 Å². The van der Waals surface area contributed by atoms with Crippen LogP contribution in [0.1, 0.15) is 12.0 Å². The largest absolute Gasteiger partial charge is 0.330 e. The van der Waals surface area contributed by atoms with Crippen LogP contribution in [0.5, 0.6) is 0 Å². The molecule has 1 atom stereocenters. The summed E-state index contributed by atoms with van der Waals surface area (Å²) in [6.07, 6.45) is 0.892. The van der Waals surface area contributed by atoms with E-state index in [2.05, 4.69) is 17.0 Å². The zero-order valence-corrected chi connectivity index (χ0v) is 8.69. The molecule has 0 spiro atoms. The molecular weight excluding hydrogens is 174 g/mol. The molecule has 3 heteroatoms. The first-order valence-electron chi connectivity index (χ1n) is 4.94. The lowest BCUT2D eigenvalue weighted by Gasteiger charge is -2.23. The van der Waals surface area contributed by atoms with Crippen LogP contribution in [0.4, 0.5) is 0 Å². The summed E-state index contributed by atoms with van der Waals surface area (Å²) < 4.78 is 0. The Balaban J connectivity index is 2.44. The lowest BCUT2D eigenvalue weighted by atomic mass is 10.2. The molecule has 0 bridgehead atoms. The Morgan fingerprint density at radius 3 is 2.50 bits per heavy atom. The first-order valence-corrected chi connectivity index (χ1v) is 4.94. The topological polar surface area (TPSA) is 55.3 Å². The molecular formula is C11H19N3. The van der Waals surface area contributed by atoms with E-state index in [4.69, 9.17) is 11.5 Å². The molecule has 0 aliphatic rings. The molecule has 0 radical (unpaired) electrons. The Labute approximate surface area is 85.7 Å². The summed E-state index contributed by atoms with van der Waals surface area (Å²) in [5.74, 6) is 0. The van der Waals surface area contributed by atoms with Gasteiger partial charge in [0.1, 0.15) is 0 Å². The van der Waals surface area contributed by atoms with Crippen molar-refractivity contribution < 1.29 is 0 Å². The van der Waals surface area contributed by atoms with Gasteiger partial charge in [-0.25, -0.2) is 0 Å². The van der Waals surface area contributed by atoms with Gasteiger partial charge in [-0.3, -0.25) is 4.90 Å².